The van der Waals surface area contributed by atoms with Gasteiger partial charge in [-0.15, -0.1) is 0 Å². The van der Waals surface area contributed by atoms with Crippen molar-refractivity contribution < 1.29 is 37.0 Å². The van der Waals surface area contributed by atoms with Crippen LogP contribution in [0, 0.1) is 11.7 Å². The van der Waals surface area contributed by atoms with Gasteiger partial charge in [-0.1, -0.05) is 26.0 Å². The summed E-state index contributed by atoms with van der Waals surface area (Å²) in [5.74, 6) is -2.66. The minimum atomic E-state index is -5.08. The van der Waals surface area contributed by atoms with Crippen molar-refractivity contribution in [2.24, 2.45) is 5.92 Å². The molecule has 0 bridgehead atoms. The molecule has 10 heteroatoms. The molecule has 0 aromatic heterocycles. The third-order valence-electron chi connectivity index (χ3n) is 5.58. The number of hydrogen-bond donors (Lipinski definition) is 1. The quantitative estimate of drug-likeness (QED) is 0.719. The molecule has 1 aromatic rings. The predicted octanol–water partition coefficient (Wildman–Crippen LogP) is 3.31. The number of carboxylic acids is 1. The number of benzene rings is 1. The number of alkyl halides is 3. The summed E-state index contributed by atoms with van der Waals surface area (Å²) in [6.45, 7) is 8.64. The average molecular weight is 448 g/mol. The molecule has 2 fully saturated rings. The summed E-state index contributed by atoms with van der Waals surface area (Å²) < 4.78 is 50.7. The zero-order valence-corrected chi connectivity index (χ0v) is 17.6. The molecule has 6 nitrogen and oxygen atoms in total. The van der Waals surface area contributed by atoms with E-state index in [1.165, 1.54) is 12.1 Å². The smallest absolute Gasteiger partial charge is 0.475 e. The second-order valence-electron chi connectivity index (χ2n) is 8.11. The number of halogens is 4. The Morgan fingerprint density at radius 3 is 2.16 bits per heavy atom. The van der Waals surface area contributed by atoms with Crippen LogP contribution in [0.15, 0.2) is 24.3 Å². The Morgan fingerprint density at radius 2 is 1.68 bits per heavy atom. The van der Waals surface area contributed by atoms with Crippen molar-refractivity contribution in [3.63, 3.8) is 0 Å². The molecule has 1 spiro atoms. The van der Waals surface area contributed by atoms with Crippen LogP contribution in [0.5, 0.6) is 0 Å². The van der Waals surface area contributed by atoms with Gasteiger partial charge in [0.15, 0.2) is 0 Å². The first-order valence-corrected chi connectivity index (χ1v) is 10.1. The number of carboxylic acid groups (broad SMARTS) is 1. The summed E-state index contributed by atoms with van der Waals surface area (Å²) in [6.07, 6.45) is -3.21. The lowest BCUT2D eigenvalue weighted by molar-refractivity contribution is -0.192. The van der Waals surface area contributed by atoms with E-state index in [0.29, 0.717) is 0 Å². The Hall–Kier alpha value is -2.20. The van der Waals surface area contributed by atoms with Gasteiger partial charge in [0.1, 0.15) is 5.82 Å². The number of piperidine rings is 1. The van der Waals surface area contributed by atoms with Gasteiger partial charge in [-0.05, 0) is 30.5 Å². The highest BCUT2D eigenvalue weighted by Crippen LogP contribution is 2.33. The van der Waals surface area contributed by atoms with Crippen molar-refractivity contribution in [2.75, 3.05) is 32.8 Å². The third kappa shape index (κ3) is 6.90. The molecule has 31 heavy (non-hydrogen) atoms. The summed E-state index contributed by atoms with van der Waals surface area (Å²) in [7, 11) is 0. The second kappa shape index (κ2) is 10.4. The monoisotopic (exact) mass is 448 g/mol. The van der Waals surface area contributed by atoms with Crippen LogP contribution in [0.1, 0.15) is 32.3 Å². The largest absolute Gasteiger partial charge is 0.490 e. The lowest BCUT2D eigenvalue weighted by atomic mass is 9.84. The average Bonchev–Trinajstić information content (AvgIpc) is 2.71. The molecular formula is C21H28F4N2O4. The van der Waals surface area contributed by atoms with E-state index in [9.17, 15) is 22.4 Å². The number of carbonyl (C=O) groups is 2. The number of carbonyl (C=O) groups excluding carboxylic acids is 1. The third-order valence-corrected chi connectivity index (χ3v) is 5.58. The summed E-state index contributed by atoms with van der Waals surface area (Å²) >= 11 is 0. The lowest BCUT2D eigenvalue weighted by Gasteiger charge is -2.51. The Morgan fingerprint density at radius 1 is 1.13 bits per heavy atom. The molecule has 1 aromatic carbocycles. The maximum atomic E-state index is 13.1. The highest BCUT2D eigenvalue weighted by atomic mass is 19.4. The fourth-order valence-electron chi connectivity index (χ4n) is 3.79. The van der Waals surface area contributed by atoms with Gasteiger partial charge >= 0.3 is 12.1 Å². The van der Waals surface area contributed by atoms with Crippen molar-refractivity contribution in [3.8, 4) is 0 Å². The molecule has 1 amide bonds. The molecule has 1 N–H and O–H groups in total. The van der Waals surface area contributed by atoms with Crippen LogP contribution in [0.25, 0.3) is 0 Å². The molecule has 0 saturated carbocycles. The number of ether oxygens (including phenoxy) is 1. The molecule has 0 atom stereocenters. The predicted molar refractivity (Wildman–Crippen MR) is 105 cm³/mol. The first-order chi connectivity index (χ1) is 14.4. The van der Waals surface area contributed by atoms with Crippen molar-refractivity contribution in [1.29, 1.82) is 0 Å². The molecule has 3 rings (SSSR count). The maximum Gasteiger partial charge on any atom is 0.490 e. The van der Waals surface area contributed by atoms with Crippen LogP contribution >= 0.6 is 0 Å². The highest BCUT2D eigenvalue weighted by Gasteiger charge is 2.43. The van der Waals surface area contributed by atoms with E-state index in [1.807, 2.05) is 30.9 Å². The minimum absolute atomic E-state index is 0.000392. The number of morpholine rings is 1. The van der Waals surface area contributed by atoms with Gasteiger partial charge < -0.3 is 14.7 Å². The molecule has 2 aliphatic rings. The topological polar surface area (TPSA) is 70.1 Å². The fraction of sp³-hybridized carbons (Fsp3) is 0.619. The zero-order chi connectivity index (χ0) is 23.2. The number of rotatable bonds is 3. The van der Waals surface area contributed by atoms with E-state index in [4.69, 9.17) is 14.6 Å². The van der Waals surface area contributed by atoms with E-state index < -0.39 is 12.1 Å². The van der Waals surface area contributed by atoms with Crippen molar-refractivity contribution in [1.82, 2.24) is 9.80 Å². The van der Waals surface area contributed by atoms with Crippen LogP contribution < -0.4 is 0 Å². The van der Waals surface area contributed by atoms with Gasteiger partial charge in [-0.2, -0.15) is 13.2 Å². The normalized spacial score (nSPS) is 19.1. The summed E-state index contributed by atoms with van der Waals surface area (Å²) in [6, 6.07) is 6.75. The molecular weight excluding hydrogens is 420 g/mol. The SMILES string of the molecule is CC(C)C(=O)N1CCC2(CC1)COCCN2Cc1ccc(F)cc1.O=C(O)C(F)(F)F. The first-order valence-electron chi connectivity index (χ1n) is 10.1. The van der Waals surface area contributed by atoms with Crippen LogP contribution in [-0.4, -0.2) is 71.3 Å². The van der Waals surface area contributed by atoms with E-state index in [1.54, 1.807) is 0 Å². The molecule has 2 heterocycles. The number of aliphatic carboxylic acids is 1. The number of likely N-dealkylation sites (tertiary alicyclic amines) is 1. The van der Waals surface area contributed by atoms with Gasteiger partial charge in [-0.3, -0.25) is 9.69 Å². The highest BCUT2D eigenvalue weighted by molar-refractivity contribution is 5.78. The Bertz CT molecular complexity index is 745. The lowest BCUT2D eigenvalue weighted by Crippen LogP contribution is -2.61. The van der Waals surface area contributed by atoms with Gasteiger partial charge in [-0.25, -0.2) is 9.18 Å². The van der Waals surface area contributed by atoms with E-state index in [2.05, 4.69) is 4.90 Å². The van der Waals surface area contributed by atoms with Crippen LogP contribution in [0.3, 0.4) is 0 Å². The van der Waals surface area contributed by atoms with Gasteiger partial charge in [0.05, 0.1) is 13.2 Å². The zero-order valence-electron chi connectivity index (χ0n) is 17.6. The first kappa shape index (κ1) is 25.1. The Balaban J connectivity index is 0.000000423. The standard InChI is InChI=1S/C19H27FN2O2.C2HF3O2/c1-15(2)18(23)21-9-7-19(8-10-21)14-24-12-11-22(19)13-16-3-5-17(20)6-4-16;3-2(4,5)1(6)7/h3-6,15H,7-14H2,1-2H3;(H,6,7). The molecule has 0 radical (unpaired) electrons. The van der Waals surface area contributed by atoms with Crippen molar-refractivity contribution in [2.45, 2.75) is 44.9 Å². The Kier molecular flexibility index (Phi) is 8.41. The fourth-order valence-corrected chi connectivity index (χ4v) is 3.79. The van der Waals surface area contributed by atoms with E-state index in [0.717, 1.165) is 57.8 Å². The van der Waals surface area contributed by atoms with Crippen LogP contribution in [0.4, 0.5) is 17.6 Å². The number of amides is 1. The van der Waals surface area contributed by atoms with Gasteiger partial charge in [0.25, 0.3) is 0 Å². The number of hydrogen-bond acceptors (Lipinski definition) is 4. The summed E-state index contributed by atoms with van der Waals surface area (Å²) in [5, 5.41) is 7.12. The van der Waals surface area contributed by atoms with Gasteiger partial charge in [0, 0.05) is 37.6 Å². The molecule has 2 saturated heterocycles. The summed E-state index contributed by atoms with van der Waals surface area (Å²) in [5.41, 5.74) is 1.12. The second-order valence-corrected chi connectivity index (χ2v) is 8.11. The molecule has 0 aliphatic carbocycles. The number of nitrogens with zero attached hydrogens (tertiary/aromatic N) is 2. The van der Waals surface area contributed by atoms with Gasteiger partial charge in [0.2, 0.25) is 5.91 Å². The van der Waals surface area contributed by atoms with Crippen LogP contribution in [0.2, 0.25) is 0 Å². The summed E-state index contributed by atoms with van der Waals surface area (Å²) in [4.78, 5) is 25.6. The Labute approximate surface area is 178 Å². The van der Waals surface area contributed by atoms with Crippen molar-refractivity contribution in [3.05, 3.63) is 35.6 Å². The maximum absolute atomic E-state index is 13.1. The van der Waals surface area contributed by atoms with Crippen LogP contribution in [-0.2, 0) is 20.9 Å². The minimum Gasteiger partial charge on any atom is -0.475 e. The van der Waals surface area contributed by atoms with Crippen molar-refractivity contribution >= 4 is 11.9 Å². The molecule has 0 unspecified atom stereocenters. The van der Waals surface area contributed by atoms with E-state index >= 15 is 0 Å². The molecule has 174 valence electrons. The van der Waals surface area contributed by atoms with E-state index in [-0.39, 0.29) is 23.2 Å². The molecule has 2 aliphatic heterocycles.